The monoisotopic (exact) mass is 424 g/mol. The van der Waals surface area contributed by atoms with E-state index < -0.39 is 29.9 Å². The van der Waals surface area contributed by atoms with Gasteiger partial charge in [0, 0.05) is 18.7 Å². The highest BCUT2D eigenvalue weighted by atomic mass is 19.4. The molecule has 4 rings (SSSR count). The summed E-state index contributed by atoms with van der Waals surface area (Å²) in [4.78, 5) is 20.8. The Bertz CT molecular complexity index is 1090. The van der Waals surface area contributed by atoms with Crippen LogP contribution < -0.4 is 10.2 Å². The highest BCUT2D eigenvalue weighted by molar-refractivity contribution is 6.07. The highest BCUT2D eigenvalue weighted by Gasteiger charge is 2.32. The lowest BCUT2D eigenvalue weighted by atomic mass is 10.1. The predicted molar refractivity (Wildman–Crippen MR) is 102 cm³/mol. The summed E-state index contributed by atoms with van der Waals surface area (Å²) < 4.78 is 65.2. The lowest BCUT2D eigenvalue weighted by Gasteiger charge is -2.23. The SMILES string of the molecule is O=C(Nc1cc(C(F)(F)F)ccc1N1CCCC1)c1ccc2nc(C(F)F)[nH]c2c1. The van der Waals surface area contributed by atoms with Crippen LogP contribution in [-0.4, -0.2) is 29.0 Å². The van der Waals surface area contributed by atoms with Gasteiger partial charge in [-0.3, -0.25) is 4.79 Å². The summed E-state index contributed by atoms with van der Waals surface area (Å²) in [6.45, 7) is 1.37. The van der Waals surface area contributed by atoms with E-state index in [0.29, 0.717) is 18.8 Å². The van der Waals surface area contributed by atoms with E-state index in [2.05, 4.69) is 15.3 Å². The second-order valence-corrected chi connectivity index (χ2v) is 7.03. The number of carbonyl (C=O) groups excluding carboxylic acids is 1. The summed E-state index contributed by atoms with van der Waals surface area (Å²) in [5, 5.41) is 2.55. The predicted octanol–water partition coefficient (Wildman–Crippen LogP) is 5.37. The Kier molecular flexibility index (Phi) is 5.08. The quantitative estimate of drug-likeness (QED) is 0.554. The molecule has 1 aliphatic rings. The van der Waals surface area contributed by atoms with Gasteiger partial charge in [0.25, 0.3) is 12.3 Å². The van der Waals surface area contributed by atoms with Crippen LogP contribution in [0.2, 0.25) is 0 Å². The number of hydrogen-bond donors (Lipinski definition) is 2. The maximum absolute atomic E-state index is 13.2. The number of amides is 1. The van der Waals surface area contributed by atoms with E-state index in [1.54, 1.807) is 0 Å². The van der Waals surface area contributed by atoms with E-state index in [4.69, 9.17) is 0 Å². The number of carbonyl (C=O) groups is 1. The molecule has 1 saturated heterocycles. The third-order valence-corrected chi connectivity index (χ3v) is 4.99. The first-order valence-corrected chi connectivity index (χ1v) is 9.28. The molecular weight excluding hydrogens is 407 g/mol. The third-order valence-electron chi connectivity index (χ3n) is 4.99. The van der Waals surface area contributed by atoms with Crippen molar-refractivity contribution in [2.45, 2.75) is 25.4 Å². The molecule has 1 amide bonds. The topological polar surface area (TPSA) is 61.0 Å². The normalized spacial score (nSPS) is 14.7. The molecule has 0 saturated carbocycles. The van der Waals surface area contributed by atoms with Crippen molar-refractivity contribution in [3.05, 3.63) is 53.3 Å². The zero-order chi connectivity index (χ0) is 21.5. The van der Waals surface area contributed by atoms with E-state index in [9.17, 15) is 26.7 Å². The number of aromatic nitrogens is 2. The van der Waals surface area contributed by atoms with Gasteiger partial charge in [0.2, 0.25) is 0 Å². The number of nitrogens with zero attached hydrogens (tertiary/aromatic N) is 2. The number of aromatic amines is 1. The van der Waals surface area contributed by atoms with Gasteiger partial charge in [-0.05, 0) is 49.2 Å². The minimum atomic E-state index is -4.55. The highest BCUT2D eigenvalue weighted by Crippen LogP contribution is 2.36. The number of H-pyrrole nitrogens is 1. The van der Waals surface area contributed by atoms with Crippen LogP contribution in [0.25, 0.3) is 11.0 Å². The molecule has 0 atom stereocenters. The number of hydrogen-bond acceptors (Lipinski definition) is 3. The molecule has 1 fully saturated rings. The van der Waals surface area contributed by atoms with Crippen molar-refractivity contribution in [3.63, 3.8) is 0 Å². The van der Waals surface area contributed by atoms with Crippen molar-refractivity contribution in [2.75, 3.05) is 23.3 Å². The van der Waals surface area contributed by atoms with Gasteiger partial charge in [0.05, 0.1) is 28.0 Å². The Morgan fingerprint density at radius 2 is 1.83 bits per heavy atom. The van der Waals surface area contributed by atoms with Crippen molar-refractivity contribution in [3.8, 4) is 0 Å². The van der Waals surface area contributed by atoms with Crippen LogP contribution in [0.5, 0.6) is 0 Å². The molecule has 2 N–H and O–H groups in total. The molecule has 0 unspecified atom stereocenters. The molecule has 1 aliphatic heterocycles. The Balaban J connectivity index is 1.66. The number of imidazole rings is 1. The van der Waals surface area contributed by atoms with Crippen LogP contribution in [0, 0.1) is 0 Å². The number of nitrogens with one attached hydrogen (secondary N) is 2. The van der Waals surface area contributed by atoms with E-state index in [1.807, 2.05) is 4.90 Å². The van der Waals surface area contributed by atoms with Crippen molar-refractivity contribution in [1.82, 2.24) is 9.97 Å². The van der Waals surface area contributed by atoms with E-state index in [1.165, 1.54) is 24.3 Å². The summed E-state index contributed by atoms with van der Waals surface area (Å²) in [7, 11) is 0. The number of benzene rings is 2. The van der Waals surface area contributed by atoms with Gasteiger partial charge in [-0.1, -0.05) is 0 Å². The Morgan fingerprint density at radius 3 is 2.50 bits per heavy atom. The molecular formula is C20H17F5N4O. The lowest BCUT2D eigenvalue weighted by Crippen LogP contribution is -2.22. The molecule has 158 valence electrons. The largest absolute Gasteiger partial charge is 0.416 e. The first kappa shape index (κ1) is 20.1. The van der Waals surface area contributed by atoms with E-state index in [-0.39, 0.29) is 22.3 Å². The Morgan fingerprint density at radius 1 is 1.10 bits per heavy atom. The van der Waals surface area contributed by atoms with Crippen LogP contribution in [0.3, 0.4) is 0 Å². The van der Waals surface area contributed by atoms with Crippen molar-refractivity contribution < 1.29 is 26.7 Å². The lowest BCUT2D eigenvalue weighted by molar-refractivity contribution is -0.137. The van der Waals surface area contributed by atoms with Crippen LogP contribution in [0.15, 0.2) is 36.4 Å². The maximum Gasteiger partial charge on any atom is 0.416 e. The van der Waals surface area contributed by atoms with E-state index >= 15 is 0 Å². The average Bonchev–Trinajstić information content (AvgIpc) is 3.36. The molecule has 0 bridgehead atoms. The number of rotatable bonds is 4. The summed E-state index contributed by atoms with van der Waals surface area (Å²) in [5.74, 6) is -1.17. The standard InChI is InChI=1S/C20H17F5N4O/c21-17(22)18-26-13-5-3-11(9-14(13)27-18)19(30)28-15-10-12(20(23,24)25)4-6-16(15)29-7-1-2-8-29/h3-6,9-10,17H,1-2,7-8H2,(H,26,27)(H,28,30). The molecule has 2 heterocycles. The molecule has 5 nitrogen and oxygen atoms in total. The molecule has 3 aromatic rings. The zero-order valence-electron chi connectivity index (χ0n) is 15.6. The summed E-state index contributed by atoms with van der Waals surface area (Å²) in [6, 6.07) is 7.39. The maximum atomic E-state index is 13.2. The molecule has 0 spiro atoms. The van der Waals surface area contributed by atoms with Gasteiger partial charge < -0.3 is 15.2 Å². The van der Waals surface area contributed by atoms with Crippen LogP contribution in [0.4, 0.5) is 33.3 Å². The number of halogens is 5. The first-order chi connectivity index (χ1) is 14.2. The minimum Gasteiger partial charge on any atom is -0.370 e. The molecule has 10 heteroatoms. The number of anilines is 2. The van der Waals surface area contributed by atoms with E-state index in [0.717, 1.165) is 25.0 Å². The van der Waals surface area contributed by atoms with Gasteiger partial charge in [0.15, 0.2) is 5.82 Å². The van der Waals surface area contributed by atoms with Gasteiger partial charge in [-0.15, -0.1) is 0 Å². The summed E-state index contributed by atoms with van der Waals surface area (Å²) in [6.07, 6.45) is -5.51. The fourth-order valence-electron chi connectivity index (χ4n) is 3.51. The Labute approximate surface area is 167 Å². The fraction of sp³-hybridized carbons (Fsp3) is 0.300. The first-order valence-electron chi connectivity index (χ1n) is 9.28. The van der Waals surface area contributed by atoms with Gasteiger partial charge in [0.1, 0.15) is 0 Å². The van der Waals surface area contributed by atoms with Crippen LogP contribution in [-0.2, 0) is 6.18 Å². The molecule has 30 heavy (non-hydrogen) atoms. The minimum absolute atomic E-state index is 0.0507. The molecule has 1 aromatic heterocycles. The zero-order valence-corrected chi connectivity index (χ0v) is 15.6. The van der Waals surface area contributed by atoms with Gasteiger partial charge in [-0.25, -0.2) is 13.8 Å². The fourth-order valence-corrected chi connectivity index (χ4v) is 3.51. The number of fused-ring (bicyclic) bond motifs is 1. The molecule has 2 aromatic carbocycles. The average molecular weight is 424 g/mol. The van der Waals surface area contributed by atoms with Gasteiger partial charge in [-0.2, -0.15) is 13.2 Å². The molecule has 0 radical (unpaired) electrons. The van der Waals surface area contributed by atoms with Crippen molar-refractivity contribution >= 4 is 28.3 Å². The second-order valence-electron chi connectivity index (χ2n) is 7.03. The van der Waals surface area contributed by atoms with Crippen molar-refractivity contribution in [1.29, 1.82) is 0 Å². The van der Waals surface area contributed by atoms with Crippen molar-refractivity contribution in [2.24, 2.45) is 0 Å². The molecule has 0 aliphatic carbocycles. The van der Waals surface area contributed by atoms with Crippen LogP contribution in [0.1, 0.15) is 41.0 Å². The second kappa shape index (κ2) is 7.58. The van der Waals surface area contributed by atoms with Gasteiger partial charge >= 0.3 is 6.18 Å². The smallest absolute Gasteiger partial charge is 0.370 e. The third kappa shape index (κ3) is 3.94. The summed E-state index contributed by atoms with van der Waals surface area (Å²) >= 11 is 0. The number of alkyl halides is 5. The van der Waals surface area contributed by atoms with Crippen LogP contribution >= 0.6 is 0 Å². The summed E-state index contributed by atoms with van der Waals surface area (Å²) in [5.41, 5.74) is 0.301. The Hall–Kier alpha value is -3.17.